The number of nitrogens with zero attached hydrogens (tertiary/aromatic N) is 2. The van der Waals surface area contributed by atoms with Gasteiger partial charge >= 0.3 is 0 Å². The number of carbonyl (C=O) groups is 1. The van der Waals surface area contributed by atoms with Gasteiger partial charge in [-0.25, -0.2) is 9.66 Å². The molecule has 5 nitrogen and oxygen atoms in total. The third-order valence-corrected chi connectivity index (χ3v) is 5.82. The molecule has 0 atom stereocenters. The second kappa shape index (κ2) is 5.33. The Kier molecular flexibility index (Phi) is 3.31. The van der Waals surface area contributed by atoms with Crippen LogP contribution >= 0.6 is 22.7 Å². The van der Waals surface area contributed by atoms with E-state index in [0.717, 1.165) is 24.8 Å². The maximum absolute atomic E-state index is 12.5. The molecule has 7 heteroatoms. The van der Waals surface area contributed by atoms with E-state index in [9.17, 15) is 9.59 Å². The van der Waals surface area contributed by atoms with Crippen LogP contribution in [0.1, 0.15) is 33.6 Å². The minimum atomic E-state index is -0.247. The largest absolute Gasteiger partial charge is 0.280 e. The number of amides is 1. The summed E-state index contributed by atoms with van der Waals surface area (Å²) in [5, 5.41) is 4.24. The van der Waals surface area contributed by atoms with Crippen LogP contribution in [-0.4, -0.2) is 15.6 Å². The molecule has 1 aliphatic carbocycles. The van der Waals surface area contributed by atoms with Gasteiger partial charge in [0.05, 0.1) is 10.9 Å². The fraction of sp³-hybridized carbons (Fsp3) is 0.267. The van der Waals surface area contributed by atoms with E-state index in [1.807, 2.05) is 10.8 Å². The lowest BCUT2D eigenvalue weighted by Gasteiger charge is -2.13. The summed E-state index contributed by atoms with van der Waals surface area (Å²) >= 11 is 3.05. The number of thiophene rings is 2. The summed E-state index contributed by atoms with van der Waals surface area (Å²) in [6.07, 6.45) is 5.67. The molecule has 0 unspecified atom stereocenters. The fourth-order valence-electron chi connectivity index (χ4n) is 2.79. The highest BCUT2D eigenvalue weighted by Crippen LogP contribution is 2.30. The van der Waals surface area contributed by atoms with E-state index in [1.54, 1.807) is 17.4 Å². The van der Waals surface area contributed by atoms with Crippen molar-refractivity contribution in [2.24, 2.45) is 0 Å². The lowest BCUT2D eigenvalue weighted by molar-refractivity contribution is 0.101. The molecule has 112 valence electrons. The zero-order valence-electron chi connectivity index (χ0n) is 11.7. The molecule has 3 aromatic rings. The van der Waals surface area contributed by atoms with Crippen molar-refractivity contribution in [1.29, 1.82) is 0 Å². The zero-order chi connectivity index (χ0) is 15.1. The van der Waals surface area contributed by atoms with Gasteiger partial charge in [0.1, 0.15) is 11.2 Å². The molecule has 0 saturated carbocycles. The van der Waals surface area contributed by atoms with Crippen molar-refractivity contribution in [2.45, 2.75) is 25.7 Å². The van der Waals surface area contributed by atoms with Crippen LogP contribution in [0.3, 0.4) is 0 Å². The predicted octanol–water partition coefficient (Wildman–Crippen LogP) is 2.78. The highest BCUT2D eigenvalue weighted by molar-refractivity contribution is 7.16. The molecule has 3 aromatic heterocycles. The molecule has 0 radical (unpaired) electrons. The quantitative estimate of drug-likeness (QED) is 0.785. The summed E-state index contributed by atoms with van der Waals surface area (Å²) in [7, 11) is 0. The number of aryl methyl sites for hydroxylation is 1. The normalized spacial score (nSPS) is 14.0. The Labute approximate surface area is 134 Å². The van der Waals surface area contributed by atoms with Crippen LogP contribution < -0.4 is 11.0 Å². The monoisotopic (exact) mass is 331 g/mol. The molecular formula is C15H13N3O2S2. The van der Waals surface area contributed by atoms with Crippen molar-refractivity contribution in [2.75, 3.05) is 5.43 Å². The Hall–Kier alpha value is -1.99. The van der Waals surface area contributed by atoms with Crippen LogP contribution in [0.25, 0.3) is 10.2 Å². The third-order valence-electron chi connectivity index (χ3n) is 3.91. The van der Waals surface area contributed by atoms with E-state index < -0.39 is 0 Å². The van der Waals surface area contributed by atoms with Gasteiger partial charge in [-0.3, -0.25) is 15.0 Å². The van der Waals surface area contributed by atoms with E-state index >= 15 is 0 Å². The highest BCUT2D eigenvalue weighted by atomic mass is 32.1. The molecule has 0 aliphatic heterocycles. The maximum Gasteiger partial charge on any atom is 0.280 e. The SMILES string of the molecule is O=C(Nn1cnc2sccc2c1=O)c1csc2c1CCCC2. The molecule has 1 aliphatic rings. The topological polar surface area (TPSA) is 64.0 Å². The summed E-state index contributed by atoms with van der Waals surface area (Å²) in [6.45, 7) is 0. The van der Waals surface area contributed by atoms with Crippen molar-refractivity contribution < 1.29 is 4.79 Å². The average molecular weight is 331 g/mol. The standard InChI is InChI=1S/C15H13N3O2S2/c19-13(11-7-22-12-4-2-1-3-9(11)12)17-18-8-16-14-10(15(18)20)5-6-21-14/h5-8H,1-4H2,(H,17,19). The molecule has 1 N–H and O–H groups in total. The first-order valence-electron chi connectivity index (χ1n) is 7.09. The minimum Gasteiger partial charge on any atom is -0.267 e. The van der Waals surface area contributed by atoms with Crippen LogP contribution in [-0.2, 0) is 12.8 Å². The van der Waals surface area contributed by atoms with Gasteiger partial charge < -0.3 is 0 Å². The van der Waals surface area contributed by atoms with Gasteiger partial charge in [-0.15, -0.1) is 22.7 Å². The Morgan fingerprint density at radius 2 is 2.14 bits per heavy atom. The molecule has 0 spiro atoms. The molecule has 22 heavy (non-hydrogen) atoms. The number of aromatic nitrogens is 2. The van der Waals surface area contributed by atoms with Crippen LogP contribution in [0.15, 0.2) is 27.9 Å². The van der Waals surface area contributed by atoms with Crippen LogP contribution in [0, 0.1) is 0 Å². The van der Waals surface area contributed by atoms with Gasteiger partial charge in [0.2, 0.25) is 0 Å². The summed E-state index contributed by atoms with van der Waals surface area (Å²) in [5.74, 6) is -0.238. The Bertz CT molecular complexity index is 922. The first-order valence-corrected chi connectivity index (χ1v) is 8.85. The van der Waals surface area contributed by atoms with Gasteiger partial charge in [-0.1, -0.05) is 0 Å². The molecule has 1 amide bonds. The minimum absolute atomic E-state index is 0.238. The van der Waals surface area contributed by atoms with Gasteiger partial charge in [-0.2, -0.15) is 0 Å². The molecular weight excluding hydrogens is 318 g/mol. The second-order valence-electron chi connectivity index (χ2n) is 5.26. The lowest BCUT2D eigenvalue weighted by Crippen LogP contribution is -2.33. The molecule has 0 fully saturated rings. The van der Waals surface area contributed by atoms with E-state index in [2.05, 4.69) is 10.4 Å². The van der Waals surface area contributed by atoms with E-state index in [-0.39, 0.29) is 11.5 Å². The van der Waals surface area contributed by atoms with E-state index in [0.29, 0.717) is 15.8 Å². The average Bonchev–Trinajstić information content (AvgIpc) is 3.16. The maximum atomic E-state index is 12.5. The molecule has 0 bridgehead atoms. The van der Waals surface area contributed by atoms with E-state index in [1.165, 1.54) is 33.6 Å². The number of hydrogen-bond donors (Lipinski definition) is 1. The number of rotatable bonds is 2. The molecule has 3 heterocycles. The molecule has 0 saturated heterocycles. The summed E-state index contributed by atoms with van der Waals surface area (Å²) in [4.78, 5) is 31.0. The number of nitrogens with one attached hydrogen (secondary N) is 1. The van der Waals surface area contributed by atoms with Gasteiger partial charge in [0.15, 0.2) is 0 Å². The fourth-order valence-corrected chi connectivity index (χ4v) is 4.64. The third kappa shape index (κ3) is 2.17. The van der Waals surface area contributed by atoms with E-state index in [4.69, 9.17) is 0 Å². The van der Waals surface area contributed by atoms with Gasteiger partial charge in [0.25, 0.3) is 11.5 Å². The van der Waals surface area contributed by atoms with Crippen molar-refractivity contribution in [3.8, 4) is 0 Å². The van der Waals surface area contributed by atoms with Crippen LogP contribution in [0.4, 0.5) is 0 Å². The van der Waals surface area contributed by atoms with Crippen molar-refractivity contribution in [3.05, 3.63) is 49.5 Å². The number of carbonyl (C=O) groups excluding carboxylic acids is 1. The van der Waals surface area contributed by atoms with Gasteiger partial charge in [-0.05, 0) is 42.7 Å². The molecule has 0 aromatic carbocycles. The number of fused-ring (bicyclic) bond motifs is 2. The van der Waals surface area contributed by atoms with Crippen molar-refractivity contribution >= 4 is 38.8 Å². The predicted molar refractivity (Wildman–Crippen MR) is 88.5 cm³/mol. The highest BCUT2D eigenvalue weighted by Gasteiger charge is 2.20. The lowest BCUT2D eigenvalue weighted by atomic mass is 9.96. The Morgan fingerprint density at radius 3 is 3.05 bits per heavy atom. The van der Waals surface area contributed by atoms with Crippen molar-refractivity contribution in [3.63, 3.8) is 0 Å². The van der Waals surface area contributed by atoms with Gasteiger partial charge in [0, 0.05) is 10.3 Å². The number of hydrogen-bond acceptors (Lipinski definition) is 5. The second-order valence-corrected chi connectivity index (χ2v) is 7.12. The zero-order valence-corrected chi connectivity index (χ0v) is 13.3. The Balaban J connectivity index is 1.67. The molecule has 4 rings (SSSR count). The van der Waals surface area contributed by atoms with Crippen molar-refractivity contribution in [1.82, 2.24) is 9.66 Å². The van der Waals surface area contributed by atoms with Crippen LogP contribution in [0.5, 0.6) is 0 Å². The summed E-state index contributed by atoms with van der Waals surface area (Å²) in [6, 6.07) is 1.73. The summed E-state index contributed by atoms with van der Waals surface area (Å²) < 4.78 is 1.17. The van der Waals surface area contributed by atoms with Crippen LogP contribution in [0.2, 0.25) is 0 Å². The Morgan fingerprint density at radius 1 is 1.27 bits per heavy atom. The first-order chi connectivity index (χ1) is 10.7. The smallest absolute Gasteiger partial charge is 0.267 e. The summed E-state index contributed by atoms with van der Waals surface area (Å²) in [5.41, 5.74) is 4.25. The first kappa shape index (κ1) is 13.7.